The van der Waals surface area contributed by atoms with E-state index in [1.54, 1.807) is 0 Å². The lowest BCUT2D eigenvalue weighted by Crippen LogP contribution is -2.45. The average Bonchev–Trinajstić information content (AvgIpc) is 2.29. The van der Waals surface area contributed by atoms with Gasteiger partial charge in [0.2, 0.25) is 5.91 Å². The molecule has 0 aromatic rings. The van der Waals surface area contributed by atoms with E-state index in [-0.39, 0.29) is 17.9 Å². The summed E-state index contributed by atoms with van der Waals surface area (Å²) < 4.78 is 5.20. The van der Waals surface area contributed by atoms with Crippen LogP contribution >= 0.6 is 0 Å². The van der Waals surface area contributed by atoms with Gasteiger partial charge in [0.1, 0.15) is 0 Å². The van der Waals surface area contributed by atoms with Crippen molar-refractivity contribution in [1.82, 2.24) is 5.32 Å². The summed E-state index contributed by atoms with van der Waals surface area (Å²) in [4.78, 5) is 12.0. The van der Waals surface area contributed by atoms with Gasteiger partial charge in [-0.1, -0.05) is 13.8 Å². The lowest BCUT2D eigenvalue weighted by molar-refractivity contribution is -0.128. The first-order chi connectivity index (χ1) is 8.06. The summed E-state index contributed by atoms with van der Waals surface area (Å²) in [5, 5.41) is 2.93. The Morgan fingerprint density at radius 2 is 2.06 bits per heavy atom. The van der Waals surface area contributed by atoms with Gasteiger partial charge in [-0.25, -0.2) is 0 Å². The summed E-state index contributed by atoms with van der Waals surface area (Å²) in [5.74, 6) is 1.16. The van der Waals surface area contributed by atoms with E-state index in [4.69, 9.17) is 10.5 Å². The molecule has 100 valence electrons. The van der Waals surface area contributed by atoms with E-state index in [1.165, 1.54) is 0 Å². The van der Waals surface area contributed by atoms with Crippen LogP contribution in [0.1, 0.15) is 33.6 Å². The summed E-state index contributed by atoms with van der Waals surface area (Å²) in [5.41, 5.74) is 6.04. The van der Waals surface area contributed by atoms with E-state index in [9.17, 15) is 4.79 Å². The molecule has 3 N–H and O–H groups in total. The van der Waals surface area contributed by atoms with Gasteiger partial charge < -0.3 is 15.8 Å². The zero-order valence-electron chi connectivity index (χ0n) is 11.2. The molecule has 17 heavy (non-hydrogen) atoms. The molecule has 1 saturated carbocycles. The third kappa shape index (κ3) is 4.28. The molecule has 0 spiro atoms. The Morgan fingerprint density at radius 1 is 1.35 bits per heavy atom. The summed E-state index contributed by atoms with van der Waals surface area (Å²) in [6.07, 6.45) is 1.85. The van der Waals surface area contributed by atoms with Crippen molar-refractivity contribution in [2.75, 3.05) is 19.8 Å². The van der Waals surface area contributed by atoms with E-state index in [0.717, 1.165) is 12.8 Å². The smallest absolute Gasteiger partial charge is 0.223 e. The highest BCUT2D eigenvalue weighted by Gasteiger charge is 2.34. The number of nitrogens with two attached hydrogens (primary N) is 1. The van der Waals surface area contributed by atoms with Gasteiger partial charge in [-0.2, -0.15) is 0 Å². The molecule has 4 nitrogen and oxygen atoms in total. The second-order valence-corrected chi connectivity index (χ2v) is 5.18. The molecule has 1 aliphatic rings. The Balaban J connectivity index is 2.35. The molecule has 1 fully saturated rings. The first-order valence-corrected chi connectivity index (χ1v) is 6.67. The molecule has 0 aromatic carbocycles. The number of hydrogen-bond donors (Lipinski definition) is 2. The molecule has 4 unspecified atom stereocenters. The highest BCUT2D eigenvalue weighted by atomic mass is 16.5. The quantitative estimate of drug-likeness (QED) is 0.711. The Labute approximate surface area is 104 Å². The Morgan fingerprint density at radius 3 is 2.71 bits per heavy atom. The molecular formula is C13H26N2O2. The lowest BCUT2D eigenvalue weighted by atomic mass is 9.72. The fourth-order valence-electron chi connectivity index (χ4n) is 2.57. The van der Waals surface area contributed by atoms with Crippen molar-refractivity contribution >= 4 is 5.91 Å². The third-order valence-electron chi connectivity index (χ3n) is 3.77. The van der Waals surface area contributed by atoms with Crippen LogP contribution < -0.4 is 11.1 Å². The fraction of sp³-hybridized carbons (Fsp3) is 0.923. The van der Waals surface area contributed by atoms with Crippen molar-refractivity contribution in [2.24, 2.45) is 23.5 Å². The number of carbonyl (C=O) groups is 1. The molecular weight excluding hydrogens is 216 g/mol. The minimum Gasteiger partial charge on any atom is -0.380 e. The van der Waals surface area contributed by atoms with Gasteiger partial charge in [-0.05, 0) is 31.6 Å². The van der Waals surface area contributed by atoms with Crippen LogP contribution in [0, 0.1) is 17.8 Å². The predicted molar refractivity (Wildman–Crippen MR) is 68.5 cm³/mol. The number of nitrogens with one attached hydrogen (secondary N) is 1. The summed E-state index contributed by atoms with van der Waals surface area (Å²) in [7, 11) is 0. The van der Waals surface area contributed by atoms with Crippen LogP contribution in [0.3, 0.4) is 0 Å². The average molecular weight is 242 g/mol. The Hall–Kier alpha value is -0.610. The van der Waals surface area contributed by atoms with Crippen molar-refractivity contribution < 1.29 is 9.53 Å². The number of hydrogen-bond acceptors (Lipinski definition) is 3. The molecule has 0 saturated heterocycles. The molecule has 1 aliphatic carbocycles. The molecule has 0 bridgehead atoms. The monoisotopic (exact) mass is 242 g/mol. The minimum absolute atomic E-state index is 0.0721. The van der Waals surface area contributed by atoms with Crippen LogP contribution in [-0.4, -0.2) is 31.7 Å². The zero-order chi connectivity index (χ0) is 12.8. The van der Waals surface area contributed by atoms with Gasteiger partial charge in [-0.3, -0.25) is 4.79 Å². The number of ether oxygens (including phenoxy) is 1. The van der Waals surface area contributed by atoms with Crippen LogP contribution in [0.5, 0.6) is 0 Å². The third-order valence-corrected chi connectivity index (χ3v) is 3.77. The maximum Gasteiger partial charge on any atom is 0.223 e. The number of rotatable bonds is 5. The topological polar surface area (TPSA) is 64.3 Å². The molecule has 0 heterocycles. The van der Waals surface area contributed by atoms with Gasteiger partial charge in [0.15, 0.2) is 0 Å². The van der Waals surface area contributed by atoms with Crippen molar-refractivity contribution in [2.45, 2.75) is 39.7 Å². The van der Waals surface area contributed by atoms with Crippen molar-refractivity contribution in [3.05, 3.63) is 0 Å². The van der Waals surface area contributed by atoms with Gasteiger partial charge in [0.25, 0.3) is 0 Å². The highest BCUT2D eigenvalue weighted by Crippen LogP contribution is 2.32. The normalized spacial score (nSPS) is 33.4. The standard InChI is InChI=1S/C13H26N2O2/c1-4-17-6-5-15-13(16)11-8-12(14)10(3)7-9(11)2/h9-12H,4-8,14H2,1-3H3,(H,15,16). The maximum absolute atomic E-state index is 12.0. The second kappa shape index (κ2) is 6.97. The van der Waals surface area contributed by atoms with E-state index in [0.29, 0.717) is 31.6 Å². The highest BCUT2D eigenvalue weighted by molar-refractivity contribution is 5.79. The molecule has 4 atom stereocenters. The van der Waals surface area contributed by atoms with Gasteiger partial charge in [-0.15, -0.1) is 0 Å². The van der Waals surface area contributed by atoms with E-state index in [2.05, 4.69) is 19.2 Å². The largest absolute Gasteiger partial charge is 0.380 e. The molecule has 0 aromatic heterocycles. The summed E-state index contributed by atoms with van der Waals surface area (Å²) >= 11 is 0. The summed E-state index contributed by atoms with van der Waals surface area (Å²) in [6, 6.07) is 0.161. The van der Waals surface area contributed by atoms with Crippen molar-refractivity contribution in [3.8, 4) is 0 Å². The molecule has 1 rings (SSSR count). The van der Waals surface area contributed by atoms with Crippen molar-refractivity contribution in [3.63, 3.8) is 0 Å². The Bertz CT molecular complexity index is 246. The number of carbonyl (C=O) groups excluding carboxylic acids is 1. The zero-order valence-corrected chi connectivity index (χ0v) is 11.2. The van der Waals surface area contributed by atoms with Crippen molar-refractivity contribution in [1.29, 1.82) is 0 Å². The fourth-order valence-corrected chi connectivity index (χ4v) is 2.57. The lowest BCUT2D eigenvalue weighted by Gasteiger charge is -2.36. The van der Waals surface area contributed by atoms with E-state index in [1.807, 2.05) is 6.92 Å². The van der Waals surface area contributed by atoms with Gasteiger partial charge in [0, 0.05) is 25.1 Å². The molecule has 0 aliphatic heterocycles. The molecule has 1 amide bonds. The van der Waals surface area contributed by atoms with E-state index < -0.39 is 0 Å². The van der Waals surface area contributed by atoms with Crippen LogP contribution in [-0.2, 0) is 9.53 Å². The van der Waals surface area contributed by atoms with Crippen LogP contribution in [0.15, 0.2) is 0 Å². The molecule has 4 heteroatoms. The number of amides is 1. The SMILES string of the molecule is CCOCCNC(=O)C1CC(N)C(C)CC1C. The molecule has 0 radical (unpaired) electrons. The maximum atomic E-state index is 12.0. The minimum atomic E-state index is 0.0721. The first-order valence-electron chi connectivity index (χ1n) is 6.67. The van der Waals surface area contributed by atoms with Crippen LogP contribution in [0.2, 0.25) is 0 Å². The van der Waals surface area contributed by atoms with Crippen LogP contribution in [0.25, 0.3) is 0 Å². The van der Waals surface area contributed by atoms with Gasteiger partial charge >= 0.3 is 0 Å². The second-order valence-electron chi connectivity index (χ2n) is 5.18. The summed E-state index contributed by atoms with van der Waals surface area (Å²) in [6.45, 7) is 8.15. The Kier molecular flexibility index (Phi) is 5.92. The van der Waals surface area contributed by atoms with Gasteiger partial charge in [0.05, 0.1) is 6.61 Å². The van der Waals surface area contributed by atoms with Crippen LogP contribution in [0.4, 0.5) is 0 Å². The predicted octanol–water partition coefficient (Wildman–Crippen LogP) is 1.15. The first kappa shape index (κ1) is 14.5. The van der Waals surface area contributed by atoms with E-state index >= 15 is 0 Å².